The van der Waals surface area contributed by atoms with E-state index in [0.29, 0.717) is 11.5 Å². The van der Waals surface area contributed by atoms with Gasteiger partial charge in [-0.2, -0.15) is 0 Å². The van der Waals surface area contributed by atoms with Crippen molar-refractivity contribution >= 4 is 21.7 Å². The minimum absolute atomic E-state index is 0.0822. The summed E-state index contributed by atoms with van der Waals surface area (Å²) in [4.78, 5) is 5.15. The number of sulfone groups is 1. The third-order valence-corrected chi connectivity index (χ3v) is 6.71. The lowest BCUT2D eigenvalue weighted by Gasteiger charge is -2.30. The zero-order valence-electron chi connectivity index (χ0n) is 15.6. The molecular weight excluding hydrogens is 425 g/mol. The fourth-order valence-corrected chi connectivity index (χ4v) is 4.92. The largest absolute Gasteiger partial charge is 0.390 e. The van der Waals surface area contributed by atoms with Crippen LogP contribution < -0.4 is 0 Å². The lowest BCUT2D eigenvalue weighted by Crippen LogP contribution is -2.35. The number of benzene rings is 1. The van der Waals surface area contributed by atoms with E-state index in [1.807, 2.05) is 0 Å². The van der Waals surface area contributed by atoms with Crippen molar-refractivity contribution < 1.29 is 31.5 Å². The third-order valence-electron chi connectivity index (χ3n) is 5.05. The van der Waals surface area contributed by atoms with Crippen LogP contribution in [0, 0.1) is 11.6 Å². The standard InChI is InChI=1S/C18H17F3N4O4S/c19-14-5-11(6-15(20)17(14)18(21)1-3-30(27,28)4-2-18)16-7-13(29-23-16)9-25-8-12(10-26)22-24-25/h5-6,8-9,26H,1-4,7,10H2/b13-9-. The van der Waals surface area contributed by atoms with Gasteiger partial charge in [-0.15, -0.1) is 5.10 Å². The molecule has 1 fully saturated rings. The average molecular weight is 442 g/mol. The van der Waals surface area contributed by atoms with Gasteiger partial charge < -0.3 is 9.94 Å². The van der Waals surface area contributed by atoms with Crippen LogP contribution >= 0.6 is 0 Å². The summed E-state index contributed by atoms with van der Waals surface area (Å²) in [7, 11) is -3.39. The van der Waals surface area contributed by atoms with Crippen molar-refractivity contribution in [1.82, 2.24) is 15.0 Å². The summed E-state index contributed by atoms with van der Waals surface area (Å²) in [6, 6.07) is 1.93. The van der Waals surface area contributed by atoms with Crippen molar-refractivity contribution in [2.45, 2.75) is 31.5 Å². The molecule has 30 heavy (non-hydrogen) atoms. The number of aromatic nitrogens is 3. The van der Waals surface area contributed by atoms with E-state index in [1.165, 1.54) is 17.1 Å². The predicted molar refractivity (Wildman–Crippen MR) is 99.5 cm³/mol. The number of hydrogen-bond acceptors (Lipinski definition) is 7. The third kappa shape index (κ3) is 3.97. The molecule has 12 heteroatoms. The summed E-state index contributed by atoms with van der Waals surface area (Å²) in [6.45, 7) is -0.279. The van der Waals surface area contributed by atoms with Crippen molar-refractivity contribution in [3.63, 3.8) is 0 Å². The van der Waals surface area contributed by atoms with Gasteiger partial charge in [0.2, 0.25) is 0 Å². The van der Waals surface area contributed by atoms with E-state index in [1.54, 1.807) is 0 Å². The maximum atomic E-state index is 15.2. The first-order chi connectivity index (χ1) is 14.2. The smallest absolute Gasteiger partial charge is 0.159 e. The highest BCUT2D eigenvalue weighted by Crippen LogP contribution is 2.41. The van der Waals surface area contributed by atoms with Crippen molar-refractivity contribution in [3.8, 4) is 0 Å². The van der Waals surface area contributed by atoms with Crippen molar-refractivity contribution in [3.05, 3.63) is 52.5 Å². The number of oxime groups is 1. The quantitative estimate of drug-likeness (QED) is 0.777. The molecule has 0 aliphatic carbocycles. The molecule has 3 heterocycles. The number of aliphatic hydroxyl groups is 1. The number of halogens is 3. The second-order valence-corrected chi connectivity index (χ2v) is 9.49. The molecule has 0 saturated carbocycles. The van der Waals surface area contributed by atoms with Crippen LogP contribution in [-0.4, -0.2) is 45.7 Å². The number of alkyl halides is 1. The Balaban J connectivity index is 1.55. The van der Waals surface area contributed by atoms with Crippen molar-refractivity contribution in [2.24, 2.45) is 5.16 Å². The van der Waals surface area contributed by atoms with Crippen molar-refractivity contribution in [2.75, 3.05) is 11.5 Å². The van der Waals surface area contributed by atoms with Crippen LogP contribution in [-0.2, 0) is 27.0 Å². The maximum Gasteiger partial charge on any atom is 0.159 e. The second kappa shape index (κ2) is 7.51. The Morgan fingerprint density at radius 1 is 1.23 bits per heavy atom. The molecule has 1 N–H and O–H groups in total. The molecule has 0 bridgehead atoms. The van der Waals surface area contributed by atoms with E-state index in [-0.39, 0.29) is 24.3 Å². The van der Waals surface area contributed by atoms with E-state index >= 15 is 4.39 Å². The molecular formula is C18H17F3N4O4S. The zero-order valence-corrected chi connectivity index (χ0v) is 16.4. The maximum absolute atomic E-state index is 15.2. The molecule has 2 aromatic rings. The number of aliphatic hydroxyl groups excluding tert-OH is 1. The van der Waals surface area contributed by atoms with Gasteiger partial charge in [0.05, 0.1) is 48.2 Å². The Morgan fingerprint density at radius 3 is 2.50 bits per heavy atom. The molecule has 0 unspecified atom stereocenters. The lowest BCUT2D eigenvalue weighted by atomic mass is 9.88. The molecule has 160 valence electrons. The molecule has 0 radical (unpaired) electrons. The molecule has 1 saturated heterocycles. The summed E-state index contributed by atoms with van der Waals surface area (Å²) in [6.07, 6.45) is 2.03. The Bertz CT molecular complexity index is 1120. The Kier molecular flexibility index (Phi) is 5.14. The zero-order chi connectivity index (χ0) is 21.5. The number of rotatable bonds is 4. The molecule has 0 atom stereocenters. The van der Waals surface area contributed by atoms with Crippen LogP contribution in [0.25, 0.3) is 6.20 Å². The molecule has 4 rings (SSSR count). The van der Waals surface area contributed by atoms with E-state index in [0.717, 1.165) is 12.1 Å². The minimum atomic E-state index is -3.39. The van der Waals surface area contributed by atoms with Gasteiger partial charge in [0.15, 0.2) is 15.6 Å². The summed E-state index contributed by atoms with van der Waals surface area (Å²) in [5, 5.41) is 20.3. The fraction of sp³-hybridized carbons (Fsp3) is 0.389. The molecule has 8 nitrogen and oxygen atoms in total. The van der Waals surface area contributed by atoms with Gasteiger partial charge in [-0.3, -0.25) is 0 Å². The molecule has 2 aliphatic rings. The van der Waals surface area contributed by atoms with Gasteiger partial charge >= 0.3 is 0 Å². The first kappa shape index (κ1) is 20.5. The summed E-state index contributed by atoms with van der Waals surface area (Å²) < 4.78 is 68.9. The highest BCUT2D eigenvalue weighted by molar-refractivity contribution is 7.91. The van der Waals surface area contributed by atoms with Gasteiger partial charge in [-0.1, -0.05) is 10.4 Å². The van der Waals surface area contributed by atoms with Crippen LogP contribution in [0.1, 0.15) is 36.1 Å². The van der Waals surface area contributed by atoms with E-state index in [9.17, 15) is 17.2 Å². The first-order valence-electron chi connectivity index (χ1n) is 9.04. The number of hydrogen-bond donors (Lipinski definition) is 1. The SMILES string of the molecule is O=S1(=O)CCC(F)(c2c(F)cc(C3=NO/C(=C\n4cc(CO)nn4)C3)cc2F)CC1. The Labute approximate surface area is 169 Å². The molecule has 0 amide bonds. The lowest BCUT2D eigenvalue weighted by molar-refractivity contribution is 0.136. The summed E-state index contributed by atoms with van der Waals surface area (Å²) >= 11 is 0. The molecule has 1 aromatic carbocycles. The molecule has 1 aromatic heterocycles. The molecule has 2 aliphatic heterocycles. The van der Waals surface area contributed by atoms with Gasteiger partial charge in [0.1, 0.15) is 23.0 Å². The van der Waals surface area contributed by atoms with Crippen LogP contribution in [0.4, 0.5) is 13.2 Å². The van der Waals surface area contributed by atoms with Crippen LogP contribution in [0.5, 0.6) is 0 Å². The van der Waals surface area contributed by atoms with Crippen LogP contribution in [0.15, 0.2) is 29.2 Å². The van der Waals surface area contributed by atoms with Gasteiger partial charge in [-0.25, -0.2) is 26.3 Å². The second-order valence-electron chi connectivity index (χ2n) is 7.18. The topological polar surface area (TPSA) is 107 Å². The normalized spacial score (nSPS) is 21.5. The summed E-state index contributed by atoms with van der Waals surface area (Å²) in [5.74, 6) is -2.80. The highest BCUT2D eigenvalue weighted by atomic mass is 32.2. The predicted octanol–water partition coefficient (Wildman–Crippen LogP) is 2.04. The Morgan fingerprint density at radius 2 is 1.90 bits per heavy atom. The van der Waals surface area contributed by atoms with Gasteiger partial charge in [-0.05, 0) is 25.0 Å². The monoisotopic (exact) mass is 442 g/mol. The average Bonchev–Trinajstić information content (AvgIpc) is 3.34. The van der Waals surface area contributed by atoms with Gasteiger partial charge in [0.25, 0.3) is 0 Å². The van der Waals surface area contributed by atoms with E-state index < -0.39 is 57.1 Å². The minimum Gasteiger partial charge on any atom is -0.390 e. The number of nitrogens with zero attached hydrogens (tertiary/aromatic N) is 4. The molecule has 0 spiro atoms. The van der Waals surface area contributed by atoms with Crippen LogP contribution in [0.2, 0.25) is 0 Å². The van der Waals surface area contributed by atoms with Crippen LogP contribution in [0.3, 0.4) is 0 Å². The fourth-order valence-electron chi connectivity index (χ4n) is 3.44. The first-order valence-corrected chi connectivity index (χ1v) is 10.9. The summed E-state index contributed by atoms with van der Waals surface area (Å²) in [5.41, 5.74) is -2.47. The Hall–Kier alpha value is -2.73. The number of allylic oxidation sites excluding steroid dienone is 1. The van der Waals surface area contributed by atoms with Crippen molar-refractivity contribution in [1.29, 1.82) is 0 Å². The van der Waals surface area contributed by atoms with Gasteiger partial charge in [0, 0.05) is 5.56 Å². The highest BCUT2D eigenvalue weighted by Gasteiger charge is 2.43. The van der Waals surface area contributed by atoms with E-state index in [4.69, 9.17) is 9.94 Å². The van der Waals surface area contributed by atoms with E-state index in [2.05, 4.69) is 15.5 Å².